The van der Waals surface area contributed by atoms with Crippen LogP contribution in [0.2, 0.25) is 0 Å². The van der Waals surface area contributed by atoms with Gasteiger partial charge in [0.25, 0.3) is 5.91 Å². The van der Waals surface area contributed by atoms with Crippen LogP contribution in [-0.4, -0.2) is 78.8 Å². The number of aliphatic hydroxyl groups excluding tert-OH is 1. The lowest BCUT2D eigenvalue weighted by Gasteiger charge is -2.37. The number of hydrogen-bond donors (Lipinski definition) is 1. The quantitative estimate of drug-likeness (QED) is 0.203. The van der Waals surface area contributed by atoms with Gasteiger partial charge >= 0.3 is 5.97 Å². The average molecular weight is 629 g/mol. The second kappa shape index (κ2) is 14.5. The minimum atomic E-state index is -1.15. The number of ether oxygens (including phenoxy) is 4. The highest BCUT2D eigenvalue weighted by atomic mass is 16.6. The number of benzene rings is 3. The van der Waals surface area contributed by atoms with Gasteiger partial charge in [0.2, 0.25) is 6.41 Å². The number of carbonyl (C=O) groups is 2. The molecule has 0 saturated heterocycles. The fourth-order valence-electron chi connectivity index (χ4n) is 5.64. The summed E-state index contributed by atoms with van der Waals surface area (Å²) >= 11 is 0. The first-order chi connectivity index (χ1) is 22.0. The molecule has 1 atom stereocenters. The second-order valence-electron chi connectivity index (χ2n) is 12.7. The molecule has 0 radical (unpaired) electrons. The lowest BCUT2D eigenvalue weighted by molar-refractivity contribution is -0.237. The summed E-state index contributed by atoms with van der Waals surface area (Å²) in [5, 5.41) is 11.0. The third-order valence-corrected chi connectivity index (χ3v) is 8.08. The van der Waals surface area contributed by atoms with Crippen LogP contribution < -0.4 is 9.47 Å². The molecule has 0 aromatic heterocycles. The molecule has 2 aliphatic rings. The third-order valence-electron chi connectivity index (χ3n) is 8.08. The van der Waals surface area contributed by atoms with Gasteiger partial charge in [0.1, 0.15) is 11.5 Å². The number of rotatable bonds is 12. The van der Waals surface area contributed by atoms with E-state index in [-0.39, 0.29) is 25.1 Å². The van der Waals surface area contributed by atoms with Gasteiger partial charge in [0, 0.05) is 37.3 Å². The van der Waals surface area contributed by atoms with Crippen LogP contribution in [0.5, 0.6) is 11.5 Å². The summed E-state index contributed by atoms with van der Waals surface area (Å²) in [6.45, 7) is 6.58. The summed E-state index contributed by atoms with van der Waals surface area (Å²) in [6, 6.07) is 24.0. The number of hydrogen-bond acceptors (Lipinski definition) is 8. The van der Waals surface area contributed by atoms with E-state index in [1.165, 1.54) is 7.11 Å². The summed E-state index contributed by atoms with van der Waals surface area (Å²) in [7, 11) is 2.87. The fourth-order valence-corrected chi connectivity index (χ4v) is 5.64. The Kier molecular flexibility index (Phi) is 10.5. The van der Waals surface area contributed by atoms with Crippen molar-refractivity contribution in [2.24, 2.45) is 0 Å². The molecule has 1 N–H and O–H groups in total. The van der Waals surface area contributed by atoms with Gasteiger partial charge < -0.3 is 29.0 Å². The maximum absolute atomic E-state index is 14.7. The molecule has 3 aromatic rings. The van der Waals surface area contributed by atoms with Gasteiger partial charge in [-0.2, -0.15) is 0 Å². The Morgan fingerprint density at radius 2 is 1.63 bits per heavy atom. The summed E-state index contributed by atoms with van der Waals surface area (Å²) in [5.74, 6) is 0.445. The first-order valence-corrected chi connectivity index (χ1v) is 15.7. The van der Waals surface area contributed by atoms with Crippen molar-refractivity contribution in [3.05, 3.63) is 89.5 Å². The Bertz CT molecular complexity index is 1560. The molecule has 46 heavy (non-hydrogen) atoms. The van der Waals surface area contributed by atoms with Crippen LogP contribution >= 0.6 is 0 Å². The number of esters is 1. The van der Waals surface area contributed by atoms with Gasteiger partial charge in [-0.25, -0.2) is 4.79 Å². The molecule has 1 amide bonds. The van der Waals surface area contributed by atoms with E-state index in [9.17, 15) is 14.7 Å². The Morgan fingerprint density at radius 1 is 0.935 bits per heavy atom. The van der Waals surface area contributed by atoms with Crippen LogP contribution in [0.25, 0.3) is 16.7 Å². The normalized spacial score (nSPS) is 16.1. The van der Waals surface area contributed by atoms with Gasteiger partial charge in [0.15, 0.2) is 6.61 Å². The maximum atomic E-state index is 14.7. The minimum Gasteiger partial charge on any atom is -0.497 e. The van der Waals surface area contributed by atoms with Gasteiger partial charge in [0.05, 0.1) is 19.8 Å². The molecule has 244 valence electrons. The zero-order chi connectivity index (χ0) is 32.8. The molecule has 1 fully saturated rings. The van der Waals surface area contributed by atoms with Crippen molar-refractivity contribution in [1.29, 1.82) is 0 Å². The maximum Gasteiger partial charge on any atom is 0.343 e. The Hall–Kier alpha value is -4.18. The monoisotopic (exact) mass is 628 g/mol. The molecule has 5 rings (SSSR count). The molecule has 0 bridgehead atoms. The summed E-state index contributed by atoms with van der Waals surface area (Å²) in [6.07, 6.45) is 1.25. The zero-order valence-corrected chi connectivity index (χ0v) is 27.3. The highest BCUT2D eigenvalue weighted by Crippen LogP contribution is 2.36. The largest absolute Gasteiger partial charge is 0.497 e. The van der Waals surface area contributed by atoms with E-state index >= 15 is 0 Å². The summed E-state index contributed by atoms with van der Waals surface area (Å²) in [4.78, 5) is 30.1. The molecule has 1 heterocycles. The molecular weight excluding hydrogens is 584 g/mol. The second-order valence-corrected chi connectivity index (χ2v) is 12.7. The molecule has 9 heteroatoms. The van der Waals surface area contributed by atoms with Crippen LogP contribution in [0.3, 0.4) is 0 Å². The lowest BCUT2D eigenvalue weighted by atomic mass is 9.90. The van der Waals surface area contributed by atoms with Crippen molar-refractivity contribution in [1.82, 2.24) is 9.80 Å². The van der Waals surface area contributed by atoms with Crippen molar-refractivity contribution < 1.29 is 33.6 Å². The fraction of sp³-hybridized carbons (Fsp3) is 0.405. The lowest BCUT2D eigenvalue weighted by Crippen LogP contribution is -2.47. The van der Waals surface area contributed by atoms with Crippen LogP contribution in [-0.2, 0) is 25.6 Å². The number of aliphatic hydroxyl groups is 1. The highest BCUT2D eigenvalue weighted by Gasteiger charge is 2.38. The first kappa shape index (κ1) is 33.2. The molecule has 9 nitrogen and oxygen atoms in total. The van der Waals surface area contributed by atoms with Crippen LogP contribution in [0.4, 0.5) is 0 Å². The highest BCUT2D eigenvalue weighted by molar-refractivity contribution is 6.02. The van der Waals surface area contributed by atoms with E-state index in [2.05, 4.69) is 30.3 Å². The molecule has 3 aromatic carbocycles. The molecule has 1 aliphatic heterocycles. The van der Waals surface area contributed by atoms with Crippen molar-refractivity contribution in [3.8, 4) is 22.6 Å². The van der Waals surface area contributed by atoms with Gasteiger partial charge in [-0.15, -0.1) is 0 Å². The van der Waals surface area contributed by atoms with Crippen LogP contribution in [0, 0.1) is 0 Å². The predicted molar refractivity (Wildman–Crippen MR) is 176 cm³/mol. The van der Waals surface area contributed by atoms with Crippen molar-refractivity contribution in [2.75, 3.05) is 33.9 Å². The van der Waals surface area contributed by atoms with E-state index < -0.39 is 18.0 Å². The Morgan fingerprint density at radius 3 is 2.30 bits per heavy atom. The van der Waals surface area contributed by atoms with E-state index in [1.54, 1.807) is 13.2 Å². The number of methoxy groups -OCH3 is 2. The molecule has 1 aliphatic carbocycles. The summed E-state index contributed by atoms with van der Waals surface area (Å²) < 4.78 is 21.8. The zero-order valence-electron chi connectivity index (χ0n) is 27.3. The number of carbonyl (C=O) groups excluding carboxylic acids is 2. The molecular formula is C37H44N2O7. The van der Waals surface area contributed by atoms with Crippen LogP contribution in [0.1, 0.15) is 51.2 Å². The summed E-state index contributed by atoms with van der Waals surface area (Å²) in [5.41, 5.74) is 5.04. The predicted octanol–water partition coefficient (Wildman–Crippen LogP) is 5.66. The average Bonchev–Trinajstić information content (AvgIpc) is 3.90. The van der Waals surface area contributed by atoms with Crippen LogP contribution in [0.15, 0.2) is 78.4 Å². The van der Waals surface area contributed by atoms with Gasteiger partial charge in [-0.05, 0) is 86.1 Å². The number of nitrogens with zero attached hydrogens (tertiary/aromatic N) is 2. The Balaban J connectivity index is 1.50. The van der Waals surface area contributed by atoms with Crippen molar-refractivity contribution in [2.45, 2.75) is 64.6 Å². The van der Waals surface area contributed by atoms with E-state index in [1.807, 2.05) is 67.0 Å². The van der Waals surface area contributed by atoms with E-state index in [0.29, 0.717) is 36.6 Å². The number of amides is 1. The molecule has 0 spiro atoms. The first-order valence-electron chi connectivity index (χ1n) is 15.7. The van der Waals surface area contributed by atoms with Gasteiger partial charge in [-0.1, -0.05) is 48.5 Å². The smallest absolute Gasteiger partial charge is 0.343 e. The molecule has 1 saturated carbocycles. The van der Waals surface area contributed by atoms with Gasteiger partial charge in [-0.3, -0.25) is 9.69 Å². The standard InChI is InChI=1S/C37H44N2O7/c1-37(2,3)46-36(42)38-17-16-32(28-13-9-12-27(20-28)26-10-7-6-8-11-26)33(23-38)35(41)39(29-14-15-29)22-25-18-30(43-4)21-31(19-25)45-24-34(40)44-5/h6-13,18-21,29,36,42H,14-17,22-24H2,1-5H3. The molecule has 1 unspecified atom stereocenters. The van der Waals surface area contributed by atoms with Crippen molar-refractivity contribution >= 4 is 17.4 Å². The SMILES string of the molecule is COC(=O)COc1cc(CN(C(=O)C2=C(c3cccc(-c4ccccc4)c3)CCN(C(O)OC(C)(C)C)C2)C2CC2)cc(OC)c1. The topological polar surface area (TPSA) is 97.8 Å². The Labute approximate surface area is 271 Å². The van der Waals surface area contributed by atoms with E-state index in [4.69, 9.17) is 18.9 Å². The van der Waals surface area contributed by atoms with Crippen molar-refractivity contribution in [3.63, 3.8) is 0 Å². The van der Waals surface area contributed by atoms with E-state index in [0.717, 1.165) is 40.7 Å². The third kappa shape index (κ3) is 8.54. The minimum absolute atomic E-state index is 0.0740.